The highest BCUT2D eigenvalue weighted by Crippen LogP contribution is 2.27. The number of benzene rings is 2. The quantitative estimate of drug-likeness (QED) is 0.578. The van der Waals surface area contributed by atoms with E-state index in [-0.39, 0.29) is 0 Å². The molecule has 1 N–H and O–H groups in total. The van der Waals surface area contributed by atoms with Crippen LogP contribution in [0.5, 0.6) is 0 Å². The minimum absolute atomic E-state index is 0.598. The van der Waals surface area contributed by atoms with Crippen molar-refractivity contribution in [3.8, 4) is 34.2 Å². The Morgan fingerprint density at radius 1 is 0.833 bits per heavy atom. The number of aryl methyl sites for hydroxylation is 2. The zero-order chi connectivity index (χ0) is 16.5. The number of hydrogen-bond donors (Lipinski definition) is 1. The monoisotopic (exact) mass is 315 g/mol. The Morgan fingerprint density at radius 2 is 1.58 bits per heavy atom. The maximum absolute atomic E-state index is 5.63. The predicted octanol–water partition coefficient (Wildman–Crippen LogP) is 5.02. The first-order valence-electron chi connectivity index (χ1n) is 7.85. The molecule has 4 heteroatoms. The summed E-state index contributed by atoms with van der Waals surface area (Å²) in [6.45, 7) is 4.07. The van der Waals surface area contributed by atoms with Crippen molar-refractivity contribution in [2.45, 2.75) is 13.8 Å². The van der Waals surface area contributed by atoms with Gasteiger partial charge in [0.15, 0.2) is 5.82 Å². The molecule has 0 atom stereocenters. The lowest BCUT2D eigenvalue weighted by Gasteiger charge is -1.96. The molecular weight excluding hydrogens is 298 g/mol. The minimum Gasteiger partial charge on any atom is -0.444 e. The number of nitrogens with one attached hydrogen (secondary N) is 1. The van der Waals surface area contributed by atoms with Gasteiger partial charge in [0.05, 0.1) is 5.69 Å². The molecule has 0 saturated heterocycles. The molecule has 0 radical (unpaired) electrons. The van der Waals surface area contributed by atoms with E-state index in [1.54, 1.807) is 6.26 Å². The number of imidazole rings is 1. The second kappa shape index (κ2) is 5.81. The third-order valence-electron chi connectivity index (χ3n) is 3.98. The predicted molar refractivity (Wildman–Crippen MR) is 94.4 cm³/mol. The first-order chi connectivity index (χ1) is 11.7. The SMILES string of the molecule is Cc1ccc(-c2nc(-c3nc(-c4ccccc4)c(C)[nH]3)co2)cc1. The molecule has 0 bridgehead atoms. The van der Waals surface area contributed by atoms with E-state index in [4.69, 9.17) is 9.40 Å². The summed E-state index contributed by atoms with van der Waals surface area (Å²) >= 11 is 0. The number of aromatic nitrogens is 3. The largest absolute Gasteiger partial charge is 0.444 e. The van der Waals surface area contributed by atoms with Crippen LogP contribution in [0, 0.1) is 13.8 Å². The molecular formula is C20H17N3O. The van der Waals surface area contributed by atoms with Crippen LogP contribution >= 0.6 is 0 Å². The molecule has 0 amide bonds. The molecule has 2 aromatic carbocycles. The number of hydrogen-bond acceptors (Lipinski definition) is 3. The number of nitrogens with zero attached hydrogens (tertiary/aromatic N) is 2. The molecule has 2 aromatic heterocycles. The molecule has 2 heterocycles. The zero-order valence-corrected chi connectivity index (χ0v) is 13.6. The Morgan fingerprint density at radius 3 is 2.33 bits per heavy atom. The Labute approximate surface area is 140 Å². The Hall–Kier alpha value is -3.14. The number of aromatic amines is 1. The Balaban J connectivity index is 1.69. The van der Waals surface area contributed by atoms with Gasteiger partial charge in [-0.2, -0.15) is 0 Å². The van der Waals surface area contributed by atoms with Crippen LogP contribution in [-0.2, 0) is 0 Å². The van der Waals surface area contributed by atoms with Crippen LogP contribution in [0.25, 0.3) is 34.2 Å². The van der Waals surface area contributed by atoms with Crippen molar-refractivity contribution in [1.29, 1.82) is 0 Å². The van der Waals surface area contributed by atoms with E-state index in [9.17, 15) is 0 Å². The molecule has 0 saturated carbocycles. The van der Waals surface area contributed by atoms with Gasteiger partial charge in [-0.25, -0.2) is 9.97 Å². The first-order valence-corrected chi connectivity index (χ1v) is 7.85. The highest BCUT2D eigenvalue weighted by Gasteiger charge is 2.14. The van der Waals surface area contributed by atoms with Crippen LogP contribution in [0.1, 0.15) is 11.3 Å². The Kier molecular flexibility index (Phi) is 3.50. The average molecular weight is 315 g/mol. The highest BCUT2D eigenvalue weighted by molar-refractivity contribution is 5.66. The highest BCUT2D eigenvalue weighted by atomic mass is 16.3. The molecule has 0 aliphatic carbocycles. The summed E-state index contributed by atoms with van der Waals surface area (Å²) in [5.41, 5.74) is 5.90. The molecule has 4 rings (SSSR count). The van der Waals surface area contributed by atoms with Gasteiger partial charge in [0.25, 0.3) is 0 Å². The van der Waals surface area contributed by atoms with Gasteiger partial charge in [-0.05, 0) is 26.0 Å². The van der Waals surface area contributed by atoms with Crippen molar-refractivity contribution in [3.05, 3.63) is 72.1 Å². The van der Waals surface area contributed by atoms with E-state index < -0.39 is 0 Å². The maximum Gasteiger partial charge on any atom is 0.226 e. The summed E-state index contributed by atoms with van der Waals surface area (Å²) in [5.74, 6) is 1.31. The molecule has 118 valence electrons. The zero-order valence-electron chi connectivity index (χ0n) is 13.6. The second-order valence-electron chi connectivity index (χ2n) is 5.83. The number of H-pyrrole nitrogens is 1. The van der Waals surface area contributed by atoms with E-state index in [0.717, 1.165) is 22.5 Å². The van der Waals surface area contributed by atoms with Crippen LogP contribution in [0.4, 0.5) is 0 Å². The van der Waals surface area contributed by atoms with E-state index in [0.29, 0.717) is 17.4 Å². The fourth-order valence-corrected chi connectivity index (χ4v) is 2.67. The van der Waals surface area contributed by atoms with Crippen LogP contribution in [0.15, 0.2) is 65.3 Å². The van der Waals surface area contributed by atoms with Crippen molar-refractivity contribution in [2.75, 3.05) is 0 Å². The molecule has 0 fully saturated rings. The van der Waals surface area contributed by atoms with Crippen LogP contribution in [0.2, 0.25) is 0 Å². The third-order valence-corrected chi connectivity index (χ3v) is 3.98. The van der Waals surface area contributed by atoms with Crippen LogP contribution in [0.3, 0.4) is 0 Å². The van der Waals surface area contributed by atoms with Crippen LogP contribution in [-0.4, -0.2) is 15.0 Å². The molecule has 24 heavy (non-hydrogen) atoms. The first kappa shape index (κ1) is 14.5. The minimum atomic E-state index is 0.598. The van der Waals surface area contributed by atoms with Gasteiger partial charge in [-0.15, -0.1) is 0 Å². The van der Waals surface area contributed by atoms with Gasteiger partial charge < -0.3 is 9.40 Å². The van der Waals surface area contributed by atoms with Gasteiger partial charge in [-0.3, -0.25) is 0 Å². The van der Waals surface area contributed by atoms with E-state index in [1.165, 1.54) is 5.56 Å². The second-order valence-corrected chi connectivity index (χ2v) is 5.83. The third kappa shape index (κ3) is 2.63. The van der Waals surface area contributed by atoms with Crippen molar-refractivity contribution in [2.24, 2.45) is 0 Å². The van der Waals surface area contributed by atoms with Gasteiger partial charge >= 0.3 is 0 Å². The van der Waals surface area contributed by atoms with E-state index in [1.807, 2.05) is 61.5 Å². The molecule has 0 unspecified atom stereocenters. The van der Waals surface area contributed by atoms with Gasteiger partial charge in [0, 0.05) is 16.8 Å². The van der Waals surface area contributed by atoms with Gasteiger partial charge in [0.1, 0.15) is 12.0 Å². The molecule has 4 aromatic rings. The lowest BCUT2D eigenvalue weighted by atomic mass is 10.1. The number of oxazole rings is 1. The van der Waals surface area contributed by atoms with Crippen molar-refractivity contribution < 1.29 is 4.42 Å². The summed E-state index contributed by atoms with van der Waals surface area (Å²) in [7, 11) is 0. The standard InChI is InChI=1S/C20H17N3O/c1-13-8-10-16(11-9-13)20-22-17(12-24-20)19-21-14(2)18(23-19)15-6-4-3-5-7-15/h3-12H,1-2H3,(H,21,23). The number of rotatable bonds is 3. The Bertz CT molecular complexity index is 966. The fraction of sp³-hybridized carbons (Fsp3) is 0.100. The maximum atomic E-state index is 5.63. The van der Waals surface area contributed by atoms with Crippen LogP contribution < -0.4 is 0 Å². The molecule has 0 aliphatic rings. The van der Waals surface area contributed by atoms with Crippen molar-refractivity contribution in [3.63, 3.8) is 0 Å². The normalized spacial score (nSPS) is 10.9. The van der Waals surface area contributed by atoms with Gasteiger partial charge in [0.2, 0.25) is 5.89 Å². The summed E-state index contributed by atoms with van der Waals surface area (Å²) in [6.07, 6.45) is 1.64. The molecule has 0 aliphatic heterocycles. The topological polar surface area (TPSA) is 54.7 Å². The van der Waals surface area contributed by atoms with E-state index in [2.05, 4.69) is 16.9 Å². The summed E-state index contributed by atoms with van der Waals surface area (Å²) in [5, 5.41) is 0. The fourth-order valence-electron chi connectivity index (χ4n) is 2.67. The summed E-state index contributed by atoms with van der Waals surface area (Å²) < 4.78 is 5.63. The molecule has 4 nitrogen and oxygen atoms in total. The average Bonchev–Trinajstić information content (AvgIpc) is 3.23. The van der Waals surface area contributed by atoms with Crippen molar-refractivity contribution in [1.82, 2.24) is 15.0 Å². The summed E-state index contributed by atoms with van der Waals surface area (Å²) in [4.78, 5) is 12.6. The lowest BCUT2D eigenvalue weighted by Crippen LogP contribution is -1.83. The smallest absolute Gasteiger partial charge is 0.226 e. The van der Waals surface area contributed by atoms with E-state index >= 15 is 0 Å². The summed E-state index contributed by atoms with van der Waals surface area (Å²) in [6, 6.07) is 18.2. The lowest BCUT2D eigenvalue weighted by molar-refractivity contribution is 0.575. The van der Waals surface area contributed by atoms with Crippen molar-refractivity contribution >= 4 is 0 Å². The molecule has 0 spiro atoms. The van der Waals surface area contributed by atoms with Gasteiger partial charge in [-0.1, -0.05) is 48.0 Å².